The number of rotatable bonds is 20. The standard InChI is InChI=1S/C24H44O6.C6H12O5/c1-2-3-4-5-6-7-8-9-10-11-12-13-14-15-16-17-22(27)30-21(18-25)24-23(28)20(26)19-29-24;7-1-3(8)6-5(10)4(9)2-11-6/h9-10,20-21,23-26,28H,2-8,11-19H2,1H3;3-10H,1-2H2/b10-9-;/t20-,21+,23+,24+;3-,4+,5-,6-/m01/s1. The molecule has 41 heavy (non-hydrogen) atoms. The molecule has 0 aromatic heterocycles. The van der Waals surface area contributed by atoms with Crippen LogP contribution < -0.4 is 0 Å². The number of allylic oxidation sites excluding steroid dienone is 2. The zero-order valence-electron chi connectivity index (χ0n) is 24.8. The number of hydrogen-bond acceptors (Lipinski definition) is 11. The summed E-state index contributed by atoms with van der Waals surface area (Å²) in [7, 11) is 0. The first kappa shape index (κ1) is 37.9. The van der Waals surface area contributed by atoms with E-state index in [1.165, 1.54) is 51.4 Å². The summed E-state index contributed by atoms with van der Waals surface area (Å²) in [5, 5.41) is 64.2. The molecule has 2 heterocycles. The maximum absolute atomic E-state index is 11.9. The lowest BCUT2D eigenvalue weighted by atomic mass is 10.1. The molecule has 11 nitrogen and oxygen atoms in total. The van der Waals surface area contributed by atoms with Crippen LogP contribution in [0.4, 0.5) is 0 Å². The third-order valence-corrected chi connectivity index (χ3v) is 7.42. The monoisotopic (exact) mass is 592 g/mol. The van der Waals surface area contributed by atoms with E-state index in [4.69, 9.17) is 34.6 Å². The predicted octanol–water partition coefficient (Wildman–Crippen LogP) is 1.51. The van der Waals surface area contributed by atoms with Crippen LogP contribution >= 0.6 is 0 Å². The van der Waals surface area contributed by atoms with Crippen LogP contribution in [0.15, 0.2) is 12.2 Å². The molecule has 0 bridgehead atoms. The zero-order valence-corrected chi connectivity index (χ0v) is 24.8. The molecule has 2 saturated heterocycles. The maximum Gasteiger partial charge on any atom is 0.306 e. The Labute approximate surface area is 245 Å². The zero-order chi connectivity index (χ0) is 30.5. The first-order valence-corrected chi connectivity index (χ1v) is 15.5. The van der Waals surface area contributed by atoms with Crippen molar-refractivity contribution in [2.24, 2.45) is 0 Å². The molecule has 0 aromatic carbocycles. The smallest absolute Gasteiger partial charge is 0.306 e. The number of aliphatic hydroxyl groups is 7. The Morgan fingerprint density at radius 2 is 1.24 bits per heavy atom. The highest BCUT2D eigenvalue weighted by atomic mass is 16.6. The average Bonchev–Trinajstić information content (AvgIpc) is 3.49. The molecule has 2 rings (SSSR count). The molecule has 0 amide bonds. The lowest BCUT2D eigenvalue weighted by Gasteiger charge is -2.24. The van der Waals surface area contributed by atoms with Crippen LogP contribution in [0.1, 0.15) is 96.8 Å². The van der Waals surface area contributed by atoms with Crippen LogP contribution in [0.25, 0.3) is 0 Å². The number of aliphatic hydroxyl groups excluding tert-OH is 7. The fraction of sp³-hybridized carbons (Fsp3) is 0.900. The molecule has 0 unspecified atom stereocenters. The summed E-state index contributed by atoms with van der Waals surface area (Å²) in [5.41, 5.74) is 0. The van der Waals surface area contributed by atoms with Crippen LogP contribution in [0, 0.1) is 0 Å². The van der Waals surface area contributed by atoms with Gasteiger partial charge in [-0.25, -0.2) is 0 Å². The van der Waals surface area contributed by atoms with Gasteiger partial charge in [0.1, 0.15) is 42.7 Å². The molecule has 2 aliphatic rings. The summed E-state index contributed by atoms with van der Waals surface area (Å²) in [6.45, 7) is 1.32. The highest BCUT2D eigenvalue weighted by molar-refractivity contribution is 5.69. The van der Waals surface area contributed by atoms with Crippen molar-refractivity contribution < 1.29 is 54.8 Å². The van der Waals surface area contributed by atoms with E-state index in [-0.39, 0.29) is 13.2 Å². The van der Waals surface area contributed by atoms with E-state index in [9.17, 15) is 20.1 Å². The summed E-state index contributed by atoms with van der Waals surface area (Å²) < 4.78 is 15.3. The van der Waals surface area contributed by atoms with Gasteiger partial charge in [0.05, 0.1) is 26.4 Å². The minimum atomic E-state index is -1.14. The second kappa shape index (κ2) is 23.3. The quantitative estimate of drug-likeness (QED) is 0.0617. The van der Waals surface area contributed by atoms with Crippen LogP contribution in [-0.2, 0) is 19.0 Å². The van der Waals surface area contributed by atoms with Crippen molar-refractivity contribution in [2.75, 3.05) is 26.4 Å². The number of esters is 1. The van der Waals surface area contributed by atoms with Crippen molar-refractivity contribution in [3.8, 4) is 0 Å². The predicted molar refractivity (Wildman–Crippen MR) is 153 cm³/mol. The molecule has 0 spiro atoms. The molecular formula is C30H56O11. The average molecular weight is 593 g/mol. The molecule has 8 atom stereocenters. The molecule has 0 aliphatic carbocycles. The Kier molecular flexibility index (Phi) is 21.5. The van der Waals surface area contributed by atoms with Gasteiger partial charge in [0.15, 0.2) is 6.10 Å². The largest absolute Gasteiger partial charge is 0.457 e. The molecule has 0 radical (unpaired) electrons. The van der Waals surface area contributed by atoms with Crippen molar-refractivity contribution in [2.45, 2.75) is 146 Å². The molecule has 0 aromatic rings. The Morgan fingerprint density at radius 3 is 1.71 bits per heavy atom. The topological polar surface area (TPSA) is 186 Å². The second-order valence-electron chi connectivity index (χ2n) is 11.0. The SMILES string of the molecule is CCCCCCCC/C=C\CCCCCCCC(=O)O[C@H](CO)[C@H]1OC[C@H](O)[C@H]1O.OC[C@@H](O)[C@H]1OC[C@H](O)[C@H]1O. The third-order valence-electron chi connectivity index (χ3n) is 7.42. The second-order valence-corrected chi connectivity index (χ2v) is 11.0. The van der Waals surface area contributed by atoms with Crippen LogP contribution in [0.3, 0.4) is 0 Å². The number of carbonyl (C=O) groups excluding carboxylic acids is 1. The minimum Gasteiger partial charge on any atom is -0.457 e. The molecule has 242 valence electrons. The van der Waals surface area contributed by atoms with Gasteiger partial charge < -0.3 is 50.0 Å². The highest BCUT2D eigenvalue weighted by Crippen LogP contribution is 2.20. The van der Waals surface area contributed by atoms with Gasteiger partial charge in [-0.2, -0.15) is 0 Å². The van der Waals surface area contributed by atoms with Gasteiger partial charge in [-0.05, 0) is 32.1 Å². The minimum absolute atomic E-state index is 0.00287. The number of carbonyl (C=O) groups is 1. The lowest BCUT2D eigenvalue weighted by molar-refractivity contribution is -0.162. The van der Waals surface area contributed by atoms with E-state index in [0.717, 1.165) is 32.1 Å². The van der Waals surface area contributed by atoms with Gasteiger partial charge >= 0.3 is 5.97 Å². The summed E-state index contributed by atoms with van der Waals surface area (Å²) in [4.78, 5) is 11.9. The van der Waals surface area contributed by atoms with Crippen molar-refractivity contribution in [3.05, 3.63) is 12.2 Å². The highest BCUT2D eigenvalue weighted by Gasteiger charge is 2.41. The maximum atomic E-state index is 11.9. The van der Waals surface area contributed by atoms with E-state index >= 15 is 0 Å². The van der Waals surface area contributed by atoms with Gasteiger partial charge in [-0.3, -0.25) is 4.79 Å². The Bertz CT molecular complexity index is 677. The van der Waals surface area contributed by atoms with Crippen molar-refractivity contribution >= 4 is 5.97 Å². The summed E-state index contributed by atoms with van der Waals surface area (Å²) >= 11 is 0. The molecular weight excluding hydrogens is 536 g/mol. The lowest BCUT2D eigenvalue weighted by Crippen LogP contribution is -2.43. The summed E-state index contributed by atoms with van der Waals surface area (Å²) in [6.07, 6.45) is 12.5. The molecule has 7 N–H and O–H groups in total. The Balaban J connectivity index is 0.000000634. The van der Waals surface area contributed by atoms with Gasteiger partial charge in [0.2, 0.25) is 0 Å². The van der Waals surface area contributed by atoms with Crippen molar-refractivity contribution in [3.63, 3.8) is 0 Å². The molecule has 2 fully saturated rings. The van der Waals surface area contributed by atoms with E-state index < -0.39 is 68.0 Å². The van der Waals surface area contributed by atoms with Gasteiger partial charge in [-0.15, -0.1) is 0 Å². The van der Waals surface area contributed by atoms with E-state index in [1.807, 2.05) is 0 Å². The van der Waals surface area contributed by atoms with Crippen molar-refractivity contribution in [1.29, 1.82) is 0 Å². The van der Waals surface area contributed by atoms with Crippen LogP contribution in [-0.4, -0.2) is 117 Å². The number of hydrogen-bond donors (Lipinski definition) is 7. The van der Waals surface area contributed by atoms with Crippen molar-refractivity contribution in [1.82, 2.24) is 0 Å². The Morgan fingerprint density at radius 1 is 0.756 bits per heavy atom. The first-order chi connectivity index (χ1) is 19.8. The third kappa shape index (κ3) is 15.8. The normalized spacial score (nSPS) is 27.5. The van der Waals surface area contributed by atoms with Gasteiger partial charge in [-0.1, -0.05) is 70.4 Å². The van der Waals surface area contributed by atoms with Crippen LogP contribution in [0.2, 0.25) is 0 Å². The van der Waals surface area contributed by atoms with Gasteiger partial charge in [0, 0.05) is 6.42 Å². The van der Waals surface area contributed by atoms with E-state index in [2.05, 4.69) is 19.1 Å². The van der Waals surface area contributed by atoms with E-state index in [1.54, 1.807) is 0 Å². The fourth-order valence-electron chi connectivity index (χ4n) is 4.80. The molecule has 11 heteroatoms. The van der Waals surface area contributed by atoms with Crippen LogP contribution in [0.5, 0.6) is 0 Å². The van der Waals surface area contributed by atoms with E-state index in [0.29, 0.717) is 6.42 Å². The molecule has 0 saturated carbocycles. The summed E-state index contributed by atoms with van der Waals surface area (Å²) in [5.74, 6) is -0.399. The first-order valence-electron chi connectivity index (χ1n) is 15.5. The fourth-order valence-corrected chi connectivity index (χ4v) is 4.80. The summed E-state index contributed by atoms with van der Waals surface area (Å²) in [6, 6.07) is 0. The Hall–Kier alpha value is -1.15. The number of unbranched alkanes of at least 4 members (excludes halogenated alkanes) is 11. The number of ether oxygens (including phenoxy) is 3. The van der Waals surface area contributed by atoms with Gasteiger partial charge in [0.25, 0.3) is 0 Å². The molecule has 2 aliphatic heterocycles.